The first-order valence-electron chi connectivity index (χ1n) is 12.5. The SMILES string of the molecule is COc1ccccc1NC(=O)N1CCC(CNC(=O)C(=O)Nc2ccc(C)c(N3CCCC3=O)c2)CC1. The van der Waals surface area contributed by atoms with Crippen molar-refractivity contribution in [2.24, 2.45) is 5.92 Å². The molecule has 0 bridgehead atoms. The van der Waals surface area contributed by atoms with Gasteiger partial charge in [0.1, 0.15) is 5.75 Å². The molecule has 0 spiro atoms. The van der Waals surface area contributed by atoms with Crippen LogP contribution in [0.1, 0.15) is 31.2 Å². The molecule has 2 aromatic rings. The highest BCUT2D eigenvalue weighted by atomic mass is 16.5. The predicted octanol–water partition coefficient (Wildman–Crippen LogP) is 3.13. The summed E-state index contributed by atoms with van der Waals surface area (Å²) in [5, 5.41) is 8.22. The van der Waals surface area contributed by atoms with Crippen molar-refractivity contribution in [1.29, 1.82) is 0 Å². The van der Waals surface area contributed by atoms with Gasteiger partial charge in [-0.25, -0.2) is 4.79 Å². The van der Waals surface area contributed by atoms with Crippen molar-refractivity contribution in [3.63, 3.8) is 0 Å². The molecule has 37 heavy (non-hydrogen) atoms. The minimum absolute atomic E-state index is 0.0626. The largest absolute Gasteiger partial charge is 0.495 e. The first kappa shape index (κ1) is 26.0. The number of piperidine rings is 1. The summed E-state index contributed by atoms with van der Waals surface area (Å²) in [7, 11) is 1.56. The van der Waals surface area contributed by atoms with Crippen LogP contribution >= 0.6 is 0 Å². The van der Waals surface area contributed by atoms with Crippen LogP contribution in [-0.2, 0) is 14.4 Å². The van der Waals surface area contributed by atoms with Crippen molar-refractivity contribution in [3.05, 3.63) is 48.0 Å². The number of urea groups is 1. The smallest absolute Gasteiger partial charge is 0.321 e. The second-order valence-electron chi connectivity index (χ2n) is 9.38. The minimum atomic E-state index is -0.754. The maximum absolute atomic E-state index is 12.6. The topological polar surface area (TPSA) is 120 Å². The van der Waals surface area contributed by atoms with E-state index < -0.39 is 11.8 Å². The van der Waals surface area contributed by atoms with Crippen LogP contribution < -0.4 is 25.6 Å². The highest BCUT2D eigenvalue weighted by Gasteiger charge is 2.26. The summed E-state index contributed by atoms with van der Waals surface area (Å²) in [6.45, 7) is 4.02. The molecule has 2 fully saturated rings. The number of likely N-dealkylation sites (tertiary alicyclic amines) is 1. The molecule has 5 amide bonds. The van der Waals surface area contributed by atoms with Gasteiger partial charge in [0.05, 0.1) is 12.8 Å². The molecule has 2 aliphatic rings. The van der Waals surface area contributed by atoms with E-state index in [4.69, 9.17) is 4.74 Å². The summed E-state index contributed by atoms with van der Waals surface area (Å²) >= 11 is 0. The lowest BCUT2D eigenvalue weighted by atomic mass is 9.97. The van der Waals surface area contributed by atoms with Gasteiger partial charge in [-0.15, -0.1) is 0 Å². The fraction of sp³-hybridized carbons (Fsp3) is 0.407. The van der Waals surface area contributed by atoms with Gasteiger partial charge in [0.15, 0.2) is 0 Å². The Morgan fingerprint density at radius 3 is 2.46 bits per heavy atom. The first-order valence-corrected chi connectivity index (χ1v) is 12.5. The van der Waals surface area contributed by atoms with Crippen LogP contribution in [0.4, 0.5) is 21.9 Å². The van der Waals surface area contributed by atoms with Crippen LogP contribution in [0.2, 0.25) is 0 Å². The molecule has 10 nitrogen and oxygen atoms in total. The standard InChI is InChI=1S/C27H33N5O5/c1-18-9-10-20(16-22(18)32-13-5-8-24(32)33)29-26(35)25(34)28-17-19-11-14-31(15-12-19)27(36)30-21-6-3-4-7-23(21)37-2/h3-4,6-7,9-10,16,19H,5,8,11-15,17H2,1-2H3,(H,28,34)(H,29,35)(H,30,36). The van der Waals surface area contributed by atoms with Crippen molar-refractivity contribution in [2.75, 3.05) is 48.8 Å². The van der Waals surface area contributed by atoms with Gasteiger partial charge in [-0.3, -0.25) is 14.4 Å². The average molecular weight is 508 g/mol. The van der Waals surface area contributed by atoms with E-state index in [1.165, 1.54) is 0 Å². The van der Waals surface area contributed by atoms with Gasteiger partial charge in [-0.1, -0.05) is 18.2 Å². The number of nitrogens with zero attached hydrogens (tertiary/aromatic N) is 2. The van der Waals surface area contributed by atoms with Crippen molar-refractivity contribution >= 4 is 40.8 Å². The number of nitrogens with one attached hydrogen (secondary N) is 3. The fourth-order valence-electron chi connectivity index (χ4n) is 4.67. The van der Waals surface area contributed by atoms with E-state index in [0.29, 0.717) is 62.6 Å². The van der Waals surface area contributed by atoms with E-state index in [2.05, 4.69) is 16.0 Å². The number of aryl methyl sites for hydroxylation is 1. The van der Waals surface area contributed by atoms with E-state index in [0.717, 1.165) is 17.7 Å². The first-order chi connectivity index (χ1) is 17.9. The summed E-state index contributed by atoms with van der Waals surface area (Å²) in [5.41, 5.74) is 2.76. The Labute approximate surface area is 216 Å². The second-order valence-corrected chi connectivity index (χ2v) is 9.38. The quantitative estimate of drug-likeness (QED) is 0.519. The number of anilines is 3. The van der Waals surface area contributed by atoms with Crippen molar-refractivity contribution in [3.8, 4) is 5.75 Å². The zero-order valence-electron chi connectivity index (χ0n) is 21.2. The molecule has 0 atom stereocenters. The zero-order chi connectivity index (χ0) is 26.4. The zero-order valence-corrected chi connectivity index (χ0v) is 21.2. The summed E-state index contributed by atoms with van der Waals surface area (Å²) in [6, 6.07) is 12.3. The molecule has 0 unspecified atom stereocenters. The molecule has 10 heteroatoms. The van der Waals surface area contributed by atoms with Gasteiger partial charge in [0, 0.05) is 44.0 Å². The Hall–Kier alpha value is -4.08. The van der Waals surface area contributed by atoms with Gasteiger partial charge >= 0.3 is 17.8 Å². The summed E-state index contributed by atoms with van der Waals surface area (Å²) in [5.74, 6) is -0.642. The van der Waals surface area contributed by atoms with Crippen LogP contribution in [0, 0.1) is 12.8 Å². The van der Waals surface area contributed by atoms with Gasteiger partial charge in [-0.05, 0) is 61.9 Å². The average Bonchev–Trinajstić information content (AvgIpc) is 3.34. The fourth-order valence-corrected chi connectivity index (χ4v) is 4.67. The molecule has 2 aromatic carbocycles. The van der Waals surface area contributed by atoms with Crippen molar-refractivity contribution in [1.82, 2.24) is 10.2 Å². The third-order valence-electron chi connectivity index (χ3n) is 6.84. The number of methoxy groups -OCH3 is 1. The number of hydrogen-bond donors (Lipinski definition) is 3. The van der Waals surface area contributed by atoms with E-state index in [-0.39, 0.29) is 17.9 Å². The number of amides is 5. The number of carbonyl (C=O) groups excluding carboxylic acids is 4. The van der Waals surface area contributed by atoms with Gasteiger partial charge in [0.25, 0.3) is 0 Å². The number of ether oxygens (including phenoxy) is 1. The molecule has 2 aliphatic heterocycles. The number of carbonyl (C=O) groups is 4. The van der Waals surface area contributed by atoms with E-state index in [9.17, 15) is 19.2 Å². The van der Waals surface area contributed by atoms with Gasteiger partial charge in [0.2, 0.25) is 5.91 Å². The molecule has 0 saturated carbocycles. The predicted molar refractivity (Wildman–Crippen MR) is 141 cm³/mol. The van der Waals surface area contributed by atoms with Crippen LogP contribution in [0.3, 0.4) is 0 Å². The molecular weight excluding hydrogens is 474 g/mol. The third kappa shape index (κ3) is 6.38. The third-order valence-corrected chi connectivity index (χ3v) is 6.84. The normalized spacial score (nSPS) is 15.9. The summed E-state index contributed by atoms with van der Waals surface area (Å²) in [4.78, 5) is 53.1. The minimum Gasteiger partial charge on any atom is -0.495 e. The van der Waals surface area contributed by atoms with Crippen molar-refractivity contribution in [2.45, 2.75) is 32.6 Å². The Kier molecular flexibility index (Phi) is 8.27. The molecule has 4 rings (SSSR count). The maximum atomic E-state index is 12.6. The highest BCUT2D eigenvalue weighted by molar-refractivity contribution is 6.39. The molecule has 3 N–H and O–H groups in total. The number of benzene rings is 2. The number of para-hydroxylation sites is 2. The van der Waals surface area contributed by atoms with Gasteiger partial charge < -0.3 is 30.5 Å². The molecule has 196 valence electrons. The van der Waals surface area contributed by atoms with Crippen molar-refractivity contribution < 1.29 is 23.9 Å². The Morgan fingerprint density at radius 2 is 1.76 bits per heavy atom. The monoisotopic (exact) mass is 507 g/mol. The van der Waals surface area contributed by atoms with Crippen LogP contribution in [0.25, 0.3) is 0 Å². The second kappa shape index (κ2) is 11.8. The number of rotatable bonds is 6. The lowest BCUT2D eigenvalue weighted by Gasteiger charge is -2.32. The van der Waals surface area contributed by atoms with Crippen LogP contribution in [0.15, 0.2) is 42.5 Å². The molecule has 2 saturated heterocycles. The Bertz CT molecular complexity index is 1180. The molecule has 0 aliphatic carbocycles. The molecule has 0 aromatic heterocycles. The molecule has 2 heterocycles. The van der Waals surface area contributed by atoms with E-state index in [1.807, 2.05) is 25.1 Å². The van der Waals surface area contributed by atoms with Gasteiger partial charge in [-0.2, -0.15) is 0 Å². The Morgan fingerprint density at radius 1 is 1.00 bits per heavy atom. The molecular formula is C27H33N5O5. The lowest BCUT2D eigenvalue weighted by Crippen LogP contribution is -2.44. The van der Waals surface area contributed by atoms with Crippen LogP contribution in [-0.4, -0.2) is 61.9 Å². The Balaban J connectivity index is 1.22. The van der Waals surface area contributed by atoms with E-state index >= 15 is 0 Å². The molecule has 0 radical (unpaired) electrons. The lowest BCUT2D eigenvalue weighted by molar-refractivity contribution is -0.136. The highest BCUT2D eigenvalue weighted by Crippen LogP contribution is 2.28. The summed E-state index contributed by atoms with van der Waals surface area (Å²) in [6.07, 6.45) is 2.76. The number of hydrogen-bond acceptors (Lipinski definition) is 5. The van der Waals surface area contributed by atoms with Crippen LogP contribution in [0.5, 0.6) is 5.75 Å². The summed E-state index contributed by atoms with van der Waals surface area (Å²) < 4.78 is 5.28. The van der Waals surface area contributed by atoms with E-state index in [1.54, 1.807) is 41.2 Å². The maximum Gasteiger partial charge on any atom is 0.321 e.